The number of hydrogen-bond donors (Lipinski definition) is 4. The van der Waals surface area contributed by atoms with E-state index >= 15 is 0 Å². The summed E-state index contributed by atoms with van der Waals surface area (Å²) in [6, 6.07) is 0. The molecule has 1 aliphatic rings. The maximum absolute atomic E-state index is 9.11. The number of rotatable bonds is 1. The van der Waals surface area contributed by atoms with Crippen LogP contribution in [0.4, 0.5) is 0 Å². The normalized spacial score (nSPS) is 45.8. The SMILES string of the molecule is OCC1OC[C@H](O)[C@@H](O)[C@H]1O. The zero-order chi connectivity index (χ0) is 8.43. The molecule has 0 aromatic heterocycles. The van der Waals surface area contributed by atoms with Crippen LogP contribution in [0.25, 0.3) is 0 Å². The van der Waals surface area contributed by atoms with Crippen molar-refractivity contribution in [2.24, 2.45) is 0 Å². The van der Waals surface area contributed by atoms with Crippen molar-refractivity contribution < 1.29 is 25.2 Å². The number of ether oxygens (including phenoxy) is 1. The van der Waals surface area contributed by atoms with Gasteiger partial charge in [0.2, 0.25) is 0 Å². The molecule has 0 aliphatic carbocycles. The van der Waals surface area contributed by atoms with Crippen molar-refractivity contribution in [2.75, 3.05) is 13.2 Å². The molecular formula is C6H12O5. The highest BCUT2D eigenvalue weighted by atomic mass is 16.5. The molecule has 1 rings (SSSR count). The fourth-order valence-electron chi connectivity index (χ4n) is 1.03. The Hall–Kier alpha value is -0.200. The quantitative estimate of drug-likeness (QED) is 0.343. The molecule has 1 fully saturated rings. The van der Waals surface area contributed by atoms with Gasteiger partial charge in [0, 0.05) is 0 Å². The Morgan fingerprint density at radius 2 is 1.82 bits per heavy atom. The molecule has 4 N–H and O–H groups in total. The summed E-state index contributed by atoms with van der Waals surface area (Å²) in [6.07, 6.45) is -4.27. The van der Waals surface area contributed by atoms with Gasteiger partial charge in [-0.1, -0.05) is 0 Å². The van der Waals surface area contributed by atoms with Crippen molar-refractivity contribution in [3.05, 3.63) is 0 Å². The Kier molecular flexibility index (Phi) is 2.80. The lowest BCUT2D eigenvalue weighted by atomic mass is 10.0. The minimum Gasteiger partial charge on any atom is -0.394 e. The molecule has 0 saturated carbocycles. The van der Waals surface area contributed by atoms with Crippen LogP contribution in [0.5, 0.6) is 0 Å². The summed E-state index contributed by atoms with van der Waals surface area (Å²) >= 11 is 0. The maximum Gasteiger partial charge on any atom is 0.111 e. The van der Waals surface area contributed by atoms with Gasteiger partial charge >= 0.3 is 0 Å². The van der Waals surface area contributed by atoms with Gasteiger partial charge in [-0.25, -0.2) is 0 Å². The first kappa shape index (κ1) is 8.89. The van der Waals surface area contributed by atoms with Crippen LogP contribution in [0.3, 0.4) is 0 Å². The van der Waals surface area contributed by atoms with E-state index in [0.717, 1.165) is 0 Å². The minimum atomic E-state index is -1.22. The van der Waals surface area contributed by atoms with Gasteiger partial charge in [-0.15, -0.1) is 0 Å². The lowest BCUT2D eigenvalue weighted by Gasteiger charge is -2.34. The molecule has 1 heterocycles. The number of hydrogen-bond acceptors (Lipinski definition) is 5. The molecule has 0 spiro atoms. The van der Waals surface area contributed by atoms with Gasteiger partial charge in [-0.3, -0.25) is 0 Å². The molecular weight excluding hydrogens is 152 g/mol. The average Bonchev–Trinajstić information content (AvgIpc) is 2.01. The molecule has 0 aromatic carbocycles. The Labute approximate surface area is 63.8 Å². The zero-order valence-electron chi connectivity index (χ0n) is 5.92. The van der Waals surface area contributed by atoms with Gasteiger partial charge in [0.1, 0.15) is 24.4 Å². The minimum absolute atomic E-state index is 0.0521. The molecule has 0 amide bonds. The predicted molar refractivity (Wildman–Crippen MR) is 34.8 cm³/mol. The van der Waals surface area contributed by atoms with Gasteiger partial charge in [0.25, 0.3) is 0 Å². The van der Waals surface area contributed by atoms with Crippen molar-refractivity contribution in [1.82, 2.24) is 0 Å². The second kappa shape index (κ2) is 3.46. The Bertz CT molecular complexity index is 126. The highest BCUT2D eigenvalue weighted by molar-refractivity contribution is 4.85. The van der Waals surface area contributed by atoms with E-state index in [4.69, 9.17) is 25.2 Å². The highest BCUT2D eigenvalue weighted by Gasteiger charge is 2.36. The first-order valence-corrected chi connectivity index (χ1v) is 3.43. The van der Waals surface area contributed by atoms with Crippen LogP contribution >= 0.6 is 0 Å². The largest absolute Gasteiger partial charge is 0.394 e. The Balaban J connectivity index is 2.52. The molecule has 1 unspecified atom stereocenters. The molecule has 11 heavy (non-hydrogen) atoms. The monoisotopic (exact) mass is 164 g/mol. The molecule has 1 aliphatic heterocycles. The van der Waals surface area contributed by atoms with Gasteiger partial charge in [0.15, 0.2) is 0 Å². The highest BCUT2D eigenvalue weighted by Crippen LogP contribution is 2.14. The van der Waals surface area contributed by atoms with Crippen LogP contribution in [0.2, 0.25) is 0 Å². The van der Waals surface area contributed by atoms with Crippen molar-refractivity contribution in [3.63, 3.8) is 0 Å². The average molecular weight is 164 g/mol. The van der Waals surface area contributed by atoms with Gasteiger partial charge in [0.05, 0.1) is 13.2 Å². The summed E-state index contributed by atoms with van der Waals surface area (Å²) < 4.78 is 4.81. The van der Waals surface area contributed by atoms with Gasteiger partial charge < -0.3 is 25.2 Å². The van der Waals surface area contributed by atoms with Crippen LogP contribution in [0, 0.1) is 0 Å². The van der Waals surface area contributed by atoms with E-state index < -0.39 is 24.4 Å². The maximum atomic E-state index is 9.11. The van der Waals surface area contributed by atoms with Crippen LogP contribution in [0.15, 0.2) is 0 Å². The molecule has 0 bridgehead atoms. The van der Waals surface area contributed by atoms with Crippen molar-refractivity contribution >= 4 is 0 Å². The second-order valence-electron chi connectivity index (χ2n) is 2.60. The van der Waals surface area contributed by atoms with E-state index in [1.807, 2.05) is 0 Å². The summed E-state index contributed by atoms with van der Waals surface area (Å²) in [4.78, 5) is 0. The summed E-state index contributed by atoms with van der Waals surface area (Å²) in [6.45, 7) is -0.408. The fraction of sp³-hybridized carbons (Fsp3) is 1.00. The number of aliphatic hydroxyl groups is 4. The van der Waals surface area contributed by atoms with Crippen molar-refractivity contribution in [2.45, 2.75) is 24.4 Å². The van der Waals surface area contributed by atoms with Crippen LogP contribution in [-0.2, 0) is 4.74 Å². The summed E-state index contributed by atoms with van der Waals surface area (Å²) in [5.74, 6) is 0. The van der Waals surface area contributed by atoms with E-state index in [-0.39, 0.29) is 13.2 Å². The van der Waals surface area contributed by atoms with E-state index in [1.54, 1.807) is 0 Å². The van der Waals surface area contributed by atoms with Crippen LogP contribution in [-0.4, -0.2) is 58.1 Å². The molecule has 4 atom stereocenters. The van der Waals surface area contributed by atoms with E-state index in [0.29, 0.717) is 0 Å². The molecule has 0 radical (unpaired) electrons. The summed E-state index contributed by atoms with van der Waals surface area (Å²) in [5, 5.41) is 35.7. The molecule has 0 aromatic rings. The smallest absolute Gasteiger partial charge is 0.111 e. The number of aliphatic hydroxyl groups excluding tert-OH is 4. The Morgan fingerprint density at radius 3 is 2.36 bits per heavy atom. The third-order valence-corrected chi connectivity index (χ3v) is 1.79. The van der Waals surface area contributed by atoms with Crippen molar-refractivity contribution in [1.29, 1.82) is 0 Å². The lowest BCUT2D eigenvalue weighted by Crippen LogP contribution is -2.53. The van der Waals surface area contributed by atoms with E-state index in [2.05, 4.69) is 0 Å². The topological polar surface area (TPSA) is 90.2 Å². The Morgan fingerprint density at radius 1 is 1.18 bits per heavy atom. The van der Waals surface area contributed by atoms with Crippen LogP contribution in [0.1, 0.15) is 0 Å². The first-order valence-electron chi connectivity index (χ1n) is 3.43. The third kappa shape index (κ3) is 1.69. The standard InChI is InChI=1S/C6H12O5/c7-1-4-6(10)5(9)3(8)2-11-4/h3-10H,1-2H2/t3-,4?,5+,6-/m0/s1. The third-order valence-electron chi connectivity index (χ3n) is 1.79. The van der Waals surface area contributed by atoms with E-state index in [1.165, 1.54) is 0 Å². The zero-order valence-corrected chi connectivity index (χ0v) is 5.92. The molecule has 66 valence electrons. The first-order chi connectivity index (χ1) is 5.16. The predicted octanol–water partition coefficient (Wildman–Crippen LogP) is -2.54. The summed E-state index contributed by atoms with van der Waals surface area (Å²) in [7, 11) is 0. The van der Waals surface area contributed by atoms with Gasteiger partial charge in [-0.2, -0.15) is 0 Å². The van der Waals surface area contributed by atoms with E-state index in [9.17, 15) is 0 Å². The molecule has 5 heteroatoms. The molecule has 1 saturated heterocycles. The lowest BCUT2D eigenvalue weighted by molar-refractivity contribution is -0.195. The van der Waals surface area contributed by atoms with Gasteiger partial charge in [-0.05, 0) is 0 Å². The van der Waals surface area contributed by atoms with Crippen LogP contribution < -0.4 is 0 Å². The fourth-order valence-corrected chi connectivity index (χ4v) is 1.03. The second-order valence-corrected chi connectivity index (χ2v) is 2.60. The summed E-state index contributed by atoms with van der Waals surface area (Å²) in [5.41, 5.74) is 0. The van der Waals surface area contributed by atoms with Crippen molar-refractivity contribution in [3.8, 4) is 0 Å². The molecule has 5 nitrogen and oxygen atoms in total.